The lowest BCUT2D eigenvalue weighted by Crippen LogP contribution is -2.12. The van der Waals surface area contributed by atoms with E-state index in [1.165, 1.54) is 0 Å². The summed E-state index contributed by atoms with van der Waals surface area (Å²) in [4.78, 5) is 12.0. The van der Waals surface area contributed by atoms with Gasteiger partial charge in [-0.05, 0) is 6.08 Å². The SMILES string of the molecule is C1=CC2N=CN=C2N=C1. The second-order valence-corrected chi connectivity index (χ2v) is 1.86. The number of hydrogen-bond donors (Lipinski definition) is 0. The number of amidine groups is 1. The Kier molecular flexibility index (Phi) is 0.828. The topological polar surface area (TPSA) is 37.1 Å². The maximum absolute atomic E-state index is 4.03. The van der Waals surface area contributed by atoms with Gasteiger partial charge in [-0.1, -0.05) is 6.08 Å². The lowest BCUT2D eigenvalue weighted by atomic mass is 10.2. The minimum Gasteiger partial charge on any atom is -0.258 e. The minimum absolute atomic E-state index is 0.106. The van der Waals surface area contributed by atoms with Crippen LogP contribution < -0.4 is 0 Å². The molecular formula is C6H5N3. The molecule has 0 aromatic rings. The molecule has 2 heterocycles. The van der Waals surface area contributed by atoms with Gasteiger partial charge in [0.25, 0.3) is 0 Å². The van der Waals surface area contributed by atoms with E-state index < -0.39 is 0 Å². The molecule has 0 spiro atoms. The van der Waals surface area contributed by atoms with Crippen LogP contribution in [-0.2, 0) is 0 Å². The summed E-state index contributed by atoms with van der Waals surface area (Å²) in [5.74, 6) is 0.803. The first-order valence-electron chi connectivity index (χ1n) is 2.77. The Labute approximate surface area is 52.5 Å². The summed E-state index contributed by atoms with van der Waals surface area (Å²) in [6, 6.07) is 0.106. The Morgan fingerprint density at radius 1 is 1.44 bits per heavy atom. The van der Waals surface area contributed by atoms with Crippen molar-refractivity contribution in [2.75, 3.05) is 0 Å². The van der Waals surface area contributed by atoms with Gasteiger partial charge in [-0.3, -0.25) is 4.99 Å². The van der Waals surface area contributed by atoms with Gasteiger partial charge >= 0.3 is 0 Å². The van der Waals surface area contributed by atoms with Gasteiger partial charge in [0.2, 0.25) is 0 Å². The Bertz CT molecular complexity index is 235. The fourth-order valence-corrected chi connectivity index (χ4v) is 0.827. The number of fused-ring (bicyclic) bond motifs is 1. The number of dihydropyridines is 1. The molecule has 0 saturated carbocycles. The molecule has 0 aromatic carbocycles. The molecule has 3 nitrogen and oxygen atoms in total. The third-order valence-electron chi connectivity index (χ3n) is 1.27. The number of rotatable bonds is 0. The van der Waals surface area contributed by atoms with E-state index in [-0.39, 0.29) is 6.04 Å². The zero-order valence-corrected chi connectivity index (χ0v) is 4.73. The first-order chi connectivity index (χ1) is 4.47. The van der Waals surface area contributed by atoms with Crippen LogP contribution in [0.2, 0.25) is 0 Å². The van der Waals surface area contributed by atoms with Crippen molar-refractivity contribution in [2.24, 2.45) is 15.0 Å². The van der Waals surface area contributed by atoms with E-state index in [2.05, 4.69) is 15.0 Å². The minimum atomic E-state index is 0.106. The Balaban J connectivity index is 2.40. The number of aliphatic imine (C=N–C) groups is 3. The molecule has 2 aliphatic rings. The monoisotopic (exact) mass is 119 g/mol. The number of allylic oxidation sites excluding steroid dienone is 1. The quantitative estimate of drug-likeness (QED) is 0.443. The number of hydrogen-bond acceptors (Lipinski definition) is 3. The van der Waals surface area contributed by atoms with Gasteiger partial charge in [-0.2, -0.15) is 0 Å². The first-order valence-corrected chi connectivity index (χ1v) is 2.77. The predicted molar refractivity (Wildman–Crippen MR) is 37.3 cm³/mol. The van der Waals surface area contributed by atoms with Crippen LogP contribution in [0.4, 0.5) is 0 Å². The molecule has 0 N–H and O–H groups in total. The maximum Gasteiger partial charge on any atom is 0.158 e. The van der Waals surface area contributed by atoms with E-state index in [4.69, 9.17) is 0 Å². The van der Waals surface area contributed by atoms with Crippen molar-refractivity contribution < 1.29 is 0 Å². The van der Waals surface area contributed by atoms with Gasteiger partial charge in [0.05, 0.1) is 0 Å². The van der Waals surface area contributed by atoms with Crippen LogP contribution in [-0.4, -0.2) is 24.4 Å². The summed E-state index contributed by atoms with van der Waals surface area (Å²) in [6.45, 7) is 0. The van der Waals surface area contributed by atoms with E-state index in [1.54, 1.807) is 12.6 Å². The van der Waals surface area contributed by atoms with Crippen molar-refractivity contribution in [1.82, 2.24) is 0 Å². The molecule has 3 heteroatoms. The van der Waals surface area contributed by atoms with Crippen LogP contribution >= 0.6 is 0 Å². The Hall–Kier alpha value is -1.25. The van der Waals surface area contributed by atoms with Gasteiger partial charge in [-0.15, -0.1) is 0 Å². The molecule has 1 atom stereocenters. The smallest absolute Gasteiger partial charge is 0.158 e. The van der Waals surface area contributed by atoms with Crippen molar-refractivity contribution in [1.29, 1.82) is 0 Å². The van der Waals surface area contributed by atoms with E-state index in [9.17, 15) is 0 Å². The fourth-order valence-electron chi connectivity index (χ4n) is 0.827. The van der Waals surface area contributed by atoms with Crippen LogP contribution in [0.3, 0.4) is 0 Å². The van der Waals surface area contributed by atoms with Crippen LogP contribution in [0.25, 0.3) is 0 Å². The summed E-state index contributed by atoms with van der Waals surface area (Å²) < 4.78 is 0. The highest BCUT2D eigenvalue weighted by Crippen LogP contribution is 2.06. The van der Waals surface area contributed by atoms with Crippen molar-refractivity contribution >= 4 is 18.4 Å². The molecule has 0 aromatic heterocycles. The van der Waals surface area contributed by atoms with Crippen LogP contribution in [0.1, 0.15) is 0 Å². The molecule has 0 fully saturated rings. The zero-order valence-electron chi connectivity index (χ0n) is 4.73. The molecule has 2 aliphatic heterocycles. The van der Waals surface area contributed by atoms with Gasteiger partial charge < -0.3 is 0 Å². The molecule has 0 saturated heterocycles. The zero-order chi connectivity index (χ0) is 6.10. The lowest BCUT2D eigenvalue weighted by Gasteiger charge is -2.02. The average molecular weight is 119 g/mol. The lowest BCUT2D eigenvalue weighted by molar-refractivity contribution is 1.10. The van der Waals surface area contributed by atoms with Crippen LogP contribution in [0, 0.1) is 0 Å². The highest BCUT2D eigenvalue weighted by Gasteiger charge is 2.14. The van der Waals surface area contributed by atoms with Crippen molar-refractivity contribution in [3.05, 3.63) is 12.2 Å². The molecule has 0 aliphatic carbocycles. The highest BCUT2D eigenvalue weighted by atomic mass is 15.1. The van der Waals surface area contributed by atoms with Crippen molar-refractivity contribution in [2.45, 2.75) is 6.04 Å². The van der Waals surface area contributed by atoms with Gasteiger partial charge in [0.1, 0.15) is 12.4 Å². The third-order valence-corrected chi connectivity index (χ3v) is 1.27. The molecule has 0 amide bonds. The van der Waals surface area contributed by atoms with Gasteiger partial charge in [0, 0.05) is 6.21 Å². The largest absolute Gasteiger partial charge is 0.258 e. The van der Waals surface area contributed by atoms with Crippen LogP contribution in [0.15, 0.2) is 27.1 Å². The number of nitrogens with zero attached hydrogens (tertiary/aromatic N) is 3. The second kappa shape index (κ2) is 1.62. The summed E-state index contributed by atoms with van der Waals surface area (Å²) in [6.07, 6.45) is 7.12. The normalized spacial score (nSPS) is 28.4. The standard InChI is InChI=1S/C6H5N3/c1-2-5-6(7-3-1)9-4-8-5/h1-5H. The highest BCUT2D eigenvalue weighted by molar-refractivity contribution is 6.05. The summed E-state index contributed by atoms with van der Waals surface area (Å²) in [5.41, 5.74) is 0. The van der Waals surface area contributed by atoms with E-state index >= 15 is 0 Å². The third kappa shape index (κ3) is 0.614. The Morgan fingerprint density at radius 3 is 3.33 bits per heavy atom. The molecule has 0 bridgehead atoms. The second-order valence-electron chi connectivity index (χ2n) is 1.86. The molecule has 44 valence electrons. The van der Waals surface area contributed by atoms with E-state index in [1.807, 2.05) is 12.2 Å². The molecule has 9 heavy (non-hydrogen) atoms. The molecular weight excluding hydrogens is 114 g/mol. The van der Waals surface area contributed by atoms with E-state index in [0.29, 0.717) is 0 Å². The summed E-state index contributed by atoms with van der Waals surface area (Å²) >= 11 is 0. The van der Waals surface area contributed by atoms with E-state index in [0.717, 1.165) is 5.84 Å². The molecule has 2 rings (SSSR count). The molecule has 0 radical (unpaired) electrons. The van der Waals surface area contributed by atoms with Gasteiger partial charge in [0.15, 0.2) is 5.84 Å². The summed E-state index contributed by atoms with van der Waals surface area (Å²) in [7, 11) is 0. The summed E-state index contributed by atoms with van der Waals surface area (Å²) in [5, 5.41) is 0. The predicted octanol–water partition coefficient (Wildman–Crippen LogP) is 0.436. The molecule has 1 unspecified atom stereocenters. The first kappa shape index (κ1) is 4.61. The van der Waals surface area contributed by atoms with Gasteiger partial charge in [-0.25, -0.2) is 9.98 Å². The van der Waals surface area contributed by atoms with Crippen molar-refractivity contribution in [3.63, 3.8) is 0 Å². The average Bonchev–Trinajstić information content (AvgIpc) is 2.33. The Morgan fingerprint density at radius 2 is 2.44 bits per heavy atom. The maximum atomic E-state index is 4.03. The fraction of sp³-hybridized carbons (Fsp3) is 0.167. The van der Waals surface area contributed by atoms with Crippen molar-refractivity contribution in [3.8, 4) is 0 Å². The van der Waals surface area contributed by atoms with Crippen LogP contribution in [0.5, 0.6) is 0 Å².